The molecule has 0 saturated heterocycles. The summed E-state index contributed by atoms with van der Waals surface area (Å²) in [5.41, 5.74) is 1.06. The van der Waals surface area contributed by atoms with Crippen molar-refractivity contribution in [2.45, 2.75) is 19.6 Å². The van der Waals surface area contributed by atoms with Crippen LogP contribution in [0, 0.1) is 6.92 Å². The fourth-order valence-electron chi connectivity index (χ4n) is 1.66. The van der Waals surface area contributed by atoms with Crippen molar-refractivity contribution < 1.29 is 14.4 Å². The van der Waals surface area contributed by atoms with Gasteiger partial charge in [-0.3, -0.25) is 0 Å². The Kier molecular flexibility index (Phi) is 4.94. The van der Waals surface area contributed by atoms with Gasteiger partial charge in [-0.15, -0.1) is 0 Å². The van der Waals surface area contributed by atoms with Crippen LogP contribution in [-0.2, 0) is 6.54 Å². The van der Waals surface area contributed by atoms with Gasteiger partial charge in [-0.25, -0.2) is 0 Å². The number of aliphatic hydroxyl groups is 1. The van der Waals surface area contributed by atoms with Crippen LogP contribution in [0.15, 0.2) is 41.1 Å². The predicted molar refractivity (Wildman–Crippen MR) is 70.9 cm³/mol. The number of benzene rings is 1. The van der Waals surface area contributed by atoms with Crippen molar-refractivity contribution in [1.29, 1.82) is 0 Å². The SMILES string of the molecule is Cc1ccccc1OCC(O)CNCc1ccno1. The molecule has 0 spiro atoms. The van der Waals surface area contributed by atoms with Crippen LogP contribution in [0.4, 0.5) is 0 Å². The molecule has 0 fully saturated rings. The molecule has 0 amide bonds. The minimum Gasteiger partial charge on any atom is -0.491 e. The Morgan fingerprint density at radius 1 is 1.37 bits per heavy atom. The van der Waals surface area contributed by atoms with Crippen molar-refractivity contribution in [3.63, 3.8) is 0 Å². The summed E-state index contributed by atoms with van der Waals surface area (Å²) >= 11 is 0. The molecular weight excluding hydrogens is 244 g/mol. The molecule has 0 bridgehead atoms. The maximum absolute atomic E-state index is 9.80. The van der Waals surface area contributed by atoms with E-state index in [0.717, 1.165) is 17.1 Å². The Hall–Kier alpha value is -1.85. The van der Waals surface area contributed by atoms with Crippen LogP contribution in [-0.4, -0.2) is 29.5 Å². The zero-order chi connectivity index (χ0) is 13.5. The van der Waals surface area contributed by atoms with Crippen LogP contribution < -0.4 is 10.1 Å². The molecule has 5 nitrogen and oxygen atoms in total. The van der Waals surface area contributed by atoms with Gasteiger partial charge in [0.1, 0.15) is 24.2 Å². The third-order valence-electron chi connectivity index (χ3n) is 2.70. The lowest BCUT2D eigenvalue weighted by atomic mass is 10.2. The quantitative estimate of drug-likeness (QED) is 0.791. The van der Waals surface area contributed by atoms with Gasteiger partial charge in [0, 0.05) is 12.6 Å². The molecule has 102 valence electrons. The molecule has 0 aliphatic rings. The molecule has 0 aliphatic heterocycles. The van der Waals surface area contributed by atoms with Crippen LogP contribution >= 0.6 is 0 Å². The second-order valence-corrected chi connectivity index (χ2v) is 4.34. The third kappa shape index (κ3) is 4.39. The number of aryl methyl sites for hydroxylation is 1. The molecule has 1 heterocycles. The summed E-state index contributed by atoms with van der Waals surface area (Å²) in [4.78, 5) is 0. The summed E-state index contributed by atoms with van der Waals surface area (Å²) in [7, 11) is 0. The first-order valence-electron chi connectivity index (χ1n) is 6.22. The number of nitrogens with one attached hydrogen (secondary N) is 1. The molecule has 0 radical (unpaired) electrons. The third-order valence-corrected chi connectivity index (χ3v) is 2.70. The highest BCUT2D eigenvalue weighted by Gasteiger charge is 2.06. The Bertz CT molecular complexity index is 485. The molecule has 0 saturated carbocycles. The maximum Gasteiger partial charge on any atom is 0.150 e. The van der Waals surface area contributed by atoms with Crippen LogP contribution in [0.2, 0.25) is 0 Å². The summed E-state index contributed by atoms with van der Waals surface area (Å²) in [5, 5.41) is 16.5. The topological polar surface area (TPSA) is 67.5 Å². The van der Waals surface area contributed by atoms with Gasteiger partial charge in [0.2, 0.25) is 0 Å². The molecule has 1 aromatic heterocycles. The smallest absolute Gasteiger partial charge is 0.150 e. The molecule has 0 aliphatic carbocycles. The normalized spacial score (nSPS) is 12.3. The summed E-state index contributed by atoms with van der Waals surface area (Å²) in [6, 6.07) is 9.52. The second-order valence-electron chi connectivity index (χ2n) is 4.34. The lowest BCUT2D eigenvalue weighted by Gasteiger charge is -2.14. The lowest BCUT2D eigenvalue weighted by Crippen LogP contribution is -2.31. The number of aromatic nitrogens is 1. The molecule has 19 heavy (non-hydrogen) atoms. The predicted octanol–water partition coefficient (Wildman–Crippen LogP) is 1.51. The molecule has 5 heteroatoms. The van der Waals surface area contributed by atoms with Gasteiger partial charge in [-0.2, -0.15) is 0 Å². The average molecular weight is 262 g/mol. The van der Waals surface area contributed by atoms with Gasteiger partial charge in [-0.05, 0) is 18.6 Å². The van der Waals surface area contributed by atoms with Crippen molar-refractivity contribution >= 4 is 0 Å². The van der Waals surface area contributed by atoms with Crippen LogP contribution in [0.1, 0.15) is 11.3 Å². The van der Waals surface area contributed by atoms with Gasteiger partial charge in [0.25, 0.3) is 0 Å². The Morgan fingerprint density at radius 2 is 2.21 bits per heavy atom. The van der Waals surface area contributed by atoms with Crippen molar-refractivity contribution in [1.82, 2.24) is 10.5 Å². The number of rotatable bonds is 7. The zero-order valence-electron chi connectivity index (χ0n) is 10.9. The van der Waals surface area contributed by atoms with E-state index in [1.165, 1.54) is 0 Å². The van der Waals surface area contributed by atoms with E-state index in [1.807, 2.05) is 31.2 Å². The minimum absolute atomic E-state index is 0.258. The van der Waals surface area contributed by atoms with E-state index < -0.39 is 6.10 Å². The monoisotopic (exact) mass is 262 g/mol. The number of hydrogen-bond acceptors (Lipinski definition) is 5. The fraction of sp³-hybridized carbons (Fsp3) is 0.357. The number of para-hydroxylation sites is 1. The first-order valence-corrected chi connectivity index (χ1v) is 6.22. The minimum atomic E-state index is -0.567. The van der Waals surface area contributed by atoms with Crippen LogP contribution in [0.25, 0.3) is 0 Å². The van der Waals surface area contributed by atoms with Gasteiger partial charge >= 0.3 is 0 Å². The van der Waals surface area contributed by atoms with E-state index >= 15 is 0 Å². The van der Waals surface area contributed by atoms with E-state index in [9.17, 15) is 5.11 Å². The van der Waals surface area contributed by atoms with E-state index in [2.05, 4.69) is 10.5 Å². The van der Waals surface area contributed by atoms with E-state index in [4.69, 9.17) is 9.26 Å². The Balaban J connectivity index is 1.67. The highest BCUT2D eigenvalue weighted by molar-refractivity contribution is 5.31. The van der Waals surface area contributed by atoms with E-state index in [0.29, 0.717) is 13.1 Å². The summed E-state index contributed by atoms with van der Waals surface area (Å²) in [6.07, 6.45) is 1.02. The van der Waals surface area contributed by atoms with Crippen LogP contribution in [0.3, 0.4) is 0 Å². The van der Waals surface area contributed by atoms with Crippen molar-refractivity contribution in [2.75, 3.05) is 13.2 Å². The zero-order valence-corrected chi connectivity index (χ0v) is 10.9. The van der Waals surface area contributed by atoms with Gasteiger partial charge in [-0.1, -0.05) is 23.4 Å². The first-order chi connectivity index (χ1) is 9.25. The lowest BCUT2D eigenvalue weighted by molar-refractivity contribution is 0.105. The first kappa shape index (κ1) is 13.6. The molecule has 1 aromatic carbocycles. The largest absolute Gasteiger partial charge is 0.491 e. The molecule has 2 N–H and O–H groups in total. The van der Waals surface area contributed by atoms with Crippen molar-refractivity contribution in [3.05, 3.63) is 47.9 Å². The second kappa shape index (κ2) is 6.92. The van der Waals surface area contributed by atoms with Crippen molar-refractivity contribution in [3.8, 4) is 5.75 Å². The Morgan fingerprint density at radius 3 is 2.95 bits per heavy atom. The fourth-order valence-corrected chi connectivity index (χ4v) is 1.66. The number of nitrogens with zero attached hydrogens (tertiary/aromatic N) is 1. The maximum atomic E-state index is 9.80. The highest BCUT2D eigenvalue weighted by atomic mass is 16.5. The summed E-state index contributed by atoms with van der Waals surface area (Å²) < 4.78 is 10.5. The van der Waals surface area contributed by atoms with E-state index in [-0.39, 0.29) is 6.61 Å². The molecule has 2 rings (SSSR count). The Labute approximate surface area is 112 Å². The number of ether oxygens (including phenoxy) is 1. The molecule has 1 unspecified atom stereocenters. The molecule has 2 aromatic rings. The summed E-state index contributed by atoms with van der Waals surface area (Å²) in [5.74, 6) is 1.55. The highest BCUT2D eigenvalue weighted by Crippen LogP contribution is 2.16. The summed E-state index contributed by atoms with van der Waals surface area (Å²) in [6.45, 7) is 3.21. The van der Waals surface area contributed by atoms with E-state index in [1.54, 1.807) is 12.3 Å². The number of aliphatic hydroxyl groups excluding tert-OH is 1. The van der Waals surface area contributed by atoms with Gasteiger partial charge < -0.3 is 19.7 Å². The standard InChI is InChI=1S/C14H18N2O3/c1-11-4-2-3-5-14(11)18-10-12(17)8-15-9-13-6-7-16-19-13/h2-7,12,15,17H,8-10H2,1H3. The van der Waals surface area contributed by atoms with Gasteiger partial charge in [0.15, 0.2) is 0 Å². The molecule has 1 atom stereocenters. The molecular formula is C14H18N2O3. The van der Waals surface area contributed by atoms with Crippen LogP contribution in [0.5, 0.6) is 5.75 Å². The van der Waals surface area contributed by atoms with Crippen molar-refractivity contribution in [2.24, 2.45) is 0 Å². The number of hydrogen-bond donors (Lipinski definition) is 2. The van der Waals surface area contributed by atoms with Gasteiger partial charge in [0.05, 0.1) is 12.7 Å². The average Bonchev–Trinajstić information content (AvgIpc) is 2.91.